The van der Waals surface area contributed by atoms with Gasteiger partial charge < -0.3 is 10.6 Å². The fraction of sp³-hybridized carbons (Fsp3) is 0.476. The Morgan fingerprint density at radius 2 is 2.00 bits per heavy atom. The summed E-state index contributed by atoms with van der Waals surface area (Å²) in [5.74, 6) is -0.279. The van der Waals surface area contributed by atoms with Crippen LogP contribution in [0.2, 0.25) is 0 Å². The second-order valence-corrected chi connectivity index (χ2v) is 8.16. The van der Waals surface area contributed by atoms with Crippen LogP contribution in [0.5, 0.6) is 0 Å². The van der Waals surface area contributed by atoms with E-state index in [4.69, 9.17) is 0 Å². The monoisotopic (exact) mass is 385 g/mol. The van der Waals surface area contributed by atoms with Crippen LogP contribution in [-0.4, -0.2) is 28.9 Å². The highest BCUT2D eigenvalue weighted by Crippen LogP contribution is 2.29. The molecule has 2 aromatic rings. The van der Waals surface area contributed by atoms with E-state index in [9.17, 15) is 9.59 Å². The van der Waals surface area contributed by atoms with Crippen LogP contribution in [0.3, 0.4) is 0 Å². The van der Waals surface area contributed by atoms with Gasteiger partial charge in [0.25, 0.3) is 0 Å². The standard InChI is InChI=1S/C21H27N3O2S/c1-2-3-15-22-20(26)21(13-7-4-8-14-21)24-18(25)11-12-19-23-16-9-5-6-10-17(16)27-19/h5-6,9-12H,2-4,7-8,13-15H2,1H3,(H,22,26)(H,24,25)/b12-11+. The SMILES string of the molecule is CCCCNC(=O)C1(NC(=O)/C=C/c2nc3ccccc3s2)CCCCC1. The first-order valence-electron chi connectivity index (χ1n) is 9.77. The molecule has 0 spiro atoms. The average Bonchev–Trinajstić information content (AvgIpc) is 3.10. The molecule has 5 nitrogen and oxygen atoms in total. The van der Waals surface area contributed by atoms with E-state index in [0.717, 1.165) is 47.3 Å². The van der Waals surface area contributed by atoms with Gasteiger partial charge in [0.05, 0.1) is 10.2 Å². The number of unbranched alkanes of at least 4 members (excludes halogenated alkanes) is 1. The number of aromatic nitrogens is 1. The number of hydrogen-bond donors (Lipinski definition) is 2. The van der Waals surface area contributed by atoms with Gasteiger partial charge >= 0.3 is 0 Å². The van der Waals surface area contributed by atoms with Crippen molar-refractivity contribution in [2.24, 2.45) is 0 Å². The Kier molecular flexibility index (Phi) is 6.61. The minimum absolute atomic E-state index is 0.0441. The molecule has 3 rings (SSSR count). The normalized spacial score (nSPS) is 16.5. The molecule has 0 bridgehead atoms. The van der Waals surface area contributed by atoms with Crippen molar-refractivity contribution in [1.29, 1.82) is 0 Å². The topological polar surface area (TPSA) is 71.1 Å². The number of fused-ring (bicyclic) bond motifs is 1. The fourth-order valence-electron chi connectivity index (χ4n) is 3.50. The molecule has 6 heteroatoms. The molecular formula is C21H27N3O2S. The second-order valence-electron chi connectivity index (χ2n) is 7.09. The maximum atomic E-state index is 12.8. The molecule has 1 aliphatic carbocycles. The number of amides is 2. The van der Waals surface area contributed by atoms with Gasteiger partial charge in [0.1, 0.15) is 10.5 Å². The quantitative estimate of drug-likeness (QED) is 0.558. The maximum Gasteiger partial charge on any atom is 0.245 e. The lowest BCUT2D eigenvalue weighted by Gasteiger charge is -2.36. The molecule has 1 aliphatic rings. The number of para-hydroxylation sites is 1. The van der Waals surface area contributed by atoms with Crippen LogP contribution >= 0.6 is 11.3 Å². The summed E-state index contributed by atoms with van der Waals surface area (Å²) in [6.07, 6.45) is 9.64. The molecular weight excluding hydrogens is 358 g/mol. The summed E-state index contributed by atoms with van der Waals surface area (Å²) in [5.41, 5.74) is 0.155. The molecule has 0 radical (unpaired) electrons. The van der Waals surface area contributed by atoms with E-state index in [1.807, 2.05) is 24.3 Å². The van der Waals surface area contributed by atoms with Crippen LogP contribution < -0.4 is 10.6 Å². The van der Waals surface area contributed by atoms with Crippen molar-refractivity contribution in [2.45, 2.75) is 57.4 Å². The first-order valence-corrected chi connectivity index (χ1v) is 10.6. The van der Waals surface area contributed by atoms with E-state index in [1.165, 1.54) is 6.08 Å². The Labute approximate surface area is 164 Å². The smallest absolute Gasteiger partial charge is 0.245 e. The predicted molar refractivity (Wildman–Crippen MR) is 111 cm³/mol. The van der Waals surface area contributed by atoms with Crippen LogP contribution in [0.15, 0.2) is 30.3 Å². The summed E-state index contributed by atoms with van der Waals surface area (Å²) in [5, 5.41) is 6.79. The van der Waals surface area contributed by atoms with E-state index in [2.05, 4.69) is 22.5 Å². The highest BCUT2D eigenvalue weighted by Gasteiger charge is 2.40. The van der Waals surface area contributed by atoms with E-state index >= 15 is 0 Å². The van der Waals surface area contributed by atoms with E-state index in [0.29, 0.717) is 19.4 Å². The van der Waals surface area contributed by atoms with Gasteiger partial charge in [-0.1, -0.05) is 44.7 Å². The Bertz CT molecular complexity index is 789. The number of benzene rings is 1. The first kappa shape index (κ1) is 19.5. The van der Waals surface area contributed by atoms with Crippen molar-refractivity contribution in [3.8, 4) is 0 Å². The number of nitrogens with one attached hydrogen (secondary N) is 2. The third kappa shape index (κ3) is 4.95. The Morgan fingerprint density at radius 1 is 1.22 bits per heavy atom. The van der Waals surface area contributed by atoms with E-state index in [1.54, 1.807) is 17.4 Å². The van der Waals surface area contributed by atoms with Gasteiger partial charge in [-0.15, -0.1) is 11.3 Å². The summed E-state index contributed by atoms with van der Waals surface area (Å²) >= 11 is 1.55. The van der Waals surface area contributed by atoms with Crippen LogP contribution in [0.1, 0.15) is 56.9 Å². The largest absolute Gasteiger partial charge is 0.354 e. The molecule has 2 amide bonds. The molecule has 0 atom stereocenters. The van der Waals surface area contributed by atoms with E-state index in [-0.39, 0.29) is 11.8 Å². The molecule has 144 valence electrons. The molecule has 1 fully saturated rings. The molecule has 1 heterocycles. The second kappa shape index (κ2) is 9.13. The van der Waals surface area contributed by atoms with Gasteiger partial charge in [-0.25, -0.2) is 4.98 Å². The fourth-order valence-corrected chi connectivity index (χ4v) is 4.37. The van der Waals surface area contributed by atoms with Crippen LogP contribution in [0.25, 0.3) is 16.3 Å². The minimum atomic E-state index is -0.777. The molecule has 1 aromatic heterocycles. The Morgan fingerprint density at radius 3 is 2.74 bits per heavy atom. The Hall–Kier alpha value is -2.21. The summed E-state index contributed by atoms with van der Waals surface area (Å²) in [6.45, 7) is 2.76. The van der Waals surface area contributed by atoms with Crippen molar-refractivity contribution >= 4 is 39.4 Å². The number of hydrogen-bond acceptors (Lipinski definition) is 4. The van der Waals surface area contributed by atoms with Crippen LogP contribution in [-0.2, 0) is 9.59 Å². The maximum absolute atomic E-state index is 12.8. The molecule has 0 saturated heterocycles. The lowest BCUT2D eigenvalue weighted by Crippen LogP contribution is -2.59. The van der Waals surface area contributed by atoms with Gasteiger partial charge in [0.15, 0.2) is 0 Å². The van der Waals surface area contributed by atoms with Crippen molar-refractivity contribution in [2.75, 3.05) is 6.54 Å². The highest BCUT2D eigenvalue weighted by molar-refractivity contribution is 7.19. The molecule has 1 aromatic carbocycles. The molecule has 0 unspecified atom stereocenters. The number of thiazole rings is 1. The number of carbonyl (C=O) groups is 2. The van der Waals surface area contributed by atoms with Crippen molar-refractivity contribution in [1.82, 2.24) is 15.6 Å². The summed E-state index contributed by atoms with van der Waals surface area (Å²) in [6, 6.07) is 7.90. The Balaban J connectivity index is 1.67. The summed E-state index contributed by atoms with van der Waals surface area (Å²) in [4.78, 5) is 29.8. The van der Waals surface area contributed by atoms with Gasteiger partial charge in [0.2, 0.25) is 11.8 Å². The van der Waals surface area contributed by atoms with Crippen molar-refractivity contribution < 1.29 is 9.59 Å². The van der Waals surface area contributed by atoms with Crippen molar-refractivity contribution in [3.63, 3.8) is 0 Å². The highest BCUT2D eigenvalue weighted by atomic mass is 32.1. The zero-order chi connectivity index (χ0) is 19.1. The molecule has 0 aliphatic heterocycles. The number of rotatable bonds is 7. The minimum Gasteiger partial charge on any atom is -0.354 e. The van der Waals surface area contributed by atoms with Gasteiger partial charge in [0, 0.05) is 12.6 Å². The zero-order valence-electron chi connectivity index (χ0n) is 15.8. The van der Waals surface area contributed by atoms with Crippen molar-refractivity contribution in [3.05, 3.63) is 35.3 Å². The average molecular weight is 386 g/mol. The molecule has 27 heavy (non-hydrogen) atoms. The zero-order valence-corrected chi connectivity index (χ0v) is 16.6. The lowest BCUT2D eigenvalue weighted by atomic mass is 9.80. The summed E-state index contributed by atoms with van der Waals surface area (Å²) < 4.78 is 1.09. The molecule has 2 N–H and O–H groups in total. The lowest BCUT2D eigenvalue weighted by molar-refractivity contribution is -0.133. The van der Waals surface area contributed by atoms with Gasteiger partial charge in [-0.2, -0.15) is 0 Å². The summed E-state index contributed by atoms with van der Waals surface area (Å²) in [7, 11) is 0. The third-order valence-corrected chi connectivity index (χ3v) is 6.01. The van der Waals surface area contributed by atoms with Gasteiger partial charge in [-0.05, 0) is 37.5 Å². The third-order valence-electron chi connectivity index (χ3n) is 5.01. The van der Waals surface area contributed by atoms with Gasteiger partial charge in [-0.3, -0.25) is 9.59 Å². The predicted octanol–water partition coefficient (Wildman–Crippen LogP) is 4.04. The van der Waals surface area contributed by atoms with Crippen LogP contribution in [0, 0.1) is 0 Å². The number of carbonyl (C=O) groups excluding carboxylic acids is 2. The van der Waals surface area contributed by atoms with E-state index < -0.39 is 5.54 Å². The number of nitrogens with zero attached hydrogens (tertiary/aromatic N) is 1. The van der Waals surface area contributed by atoms with Crippen LogP contribution in [0.4, 0.5) is 0 Å². The molecule has 1 saturated carbocycles. The first-order chi connectivity index (χ1) is 13.1.